The smallest absolute Gasteiger partial charge is 0.209 e. The van der Waals surface area contributed by atoms with Gasteiger partial charge in [0.05, 0.1) is 11.4 Å². The Hall–Kier alpha value is -1.77. The molecule has 0 aliphatic carbocycles. The Kier molecular flexibility index (Phi) is 5.45. The van der Waals surface area contributed by atoms with Crippen molar-refractivity contribution in [3.63, 3.8) is 0 Å². The minimum atomic E-state index is -2.79. The summed E-state index contributed by atoms with van der Waals surface area (Å²) >= 11 is 1.50. The summed E-state index contributed by atoms with van der Waals surface area (Å²) in [6.07, 6.45) is -2.79. The Balaban J connectivity index is 2.22. The monoisotopic (exact) mass is 384 g/mol. The number of allylic oxidation sites excluding steroid dienone is 1. The third-order valence-electron chi connectivity index (χ3n) is 4.13. The van der Waals surface area contributed by atoms with Gasteiger partial charge >= 0.3 is 0 Å². The molecule has 26 heavy (non-hydrogen) atoms. The Bertz CT molecular complexity index is 870. The number of hydrazone groups is 1. The summed E-state index contributed by atoms with van der Waals surface area (Å²) in [5.74, 6) is 2.76. The van der Waals surface area contributed by atoms with E-state index in [4.69, 9.17) is 5.10 Å². The largest absolute Gasteiger partial charge is 0.301 e. The summed E-state index contributed by atoms with van der Waals surface area (Å²) in [5, 5.41) is 6.89. The Labute approximate surface area is 160 Å². The van der Waals surface area contributed by atoms with Crippen LogP contribution in [0, 0.1) is 5.41 Å². The maximum absolute atomic E-state index is 13.9. The van der Waals surface area contributed by atoms with E-state index in [0.29, 0.717) is 5.45 Å². The van der Waals surface area contributed by atoms with Gasteiger partial charge in [0.25, 0.3) is 0 Å². The minimum Gasteiger partial charge on any atom is -0.301 e. The molecule has 1 aliphatic heterocycles. The second-order valence-electron chi connectivity index (χ2n) is 7.22. The van der Waals surface area contributed by atoms with E-state index in [0.717, 1.165) is 22.7 Å². The fourth-order valence-corrected chi connectivity index (χ4v) is 7.59. The number of para-hydroxylation sites is 1. The molecule has 1 heterocycles. The summed E-state index contributed by atoms with van der Waals surface area (Å²) in [6.45, 7) is 8.46. The average molecular weight is 384 g/mol. The summed E-state index contributed by atoms with van der Waals surface area (Å²) in [5.41, 5.74) is 3.37. The van der Waals surface area contributed by atoms with Crippen LogP contribution in [0.4, 0.5) is 5.69 Å². The molecule has 3 rings (SSSR count). The van der Waals surface area contributed by atoms with Gasteiger partial charge in [0.1, 0.15) is 5.45 Å². The highest BCUT2D eigenvalue weighted by molar-refractivity contribution is 8.64. The molecule has 136 valence electrons. The predicted molar refractivity (Wildman–Crippen MR) is 115 cm³/mol. The quantitative estimate of drug-likeness (QED) is 0.544. The fourth-order valence-electron chi connectivity index (χ4n) is 2.88. The first-order valence-corrected chi connectivity index (χ1v) is 12.2. The van der Waals surface area contributed by atoms with Crippen LogP contribution >= 0.6 is 17.7 Å². The molecule has 1 aliphatic rings. The average Bonchev–Trinajstić information content (AvgIpc) is 2.62. The summed E-state index contributed by atoms with van der Waals surface area (Å²) in [4.78, 5) is 0. The molecule has 5 heteroatoms. The molecular formula is C21H25N2OPS. The van der Waals surface area contributed by atoms with Crippen molar-refractivity contribution in [1.82, 2.24) is 0 Å². The van der Waals surface area contributed by atoms with E-state index >= 15 is 0 Å². The maximum atomic E-state index is 13.9. The maximum Gasteiger partial charge on any atom is 0.209 e. The van der Waals surface area contributed by atoms with Crippen LogP contribution in [0.2, 0.25) is 0 Å². The molecule has 0 bridgehead atoms. The van der Waals surface area contributed by atoms with Crippen molar-refractivity contribution in [2.24, 2.45) is 10.5 Å². The lowest BCUT2D eigenvalue weighted by Gasteiger charge is -2.37. The van der Waals surface area contributed by atoms with E-state index in [1.54, 1.807) is 0 Å². The highest BCUT2D eigenvalue weighted by Crippen LogP contribution is 2.66. The fraction of sp³-hybridized carbons (Fsp3) is 0.286. The second-order valence-corrected chi connectivity index (χ2v) is 12.3. The SMILES string of the molecule is CCS[P@]1(=O)C=C(C(C)(C)C)N(c2ccccc2)N=C1c1ccccc1. The van der Waals surface area contributed by atoms with Crippen LogP contribution in [-0.2, 0) is 4.57 Å². The van der Waals surface area contributed by atoms with Gasteiger partial charge in [-0.2, -0.15) is 5.10 Å². The van der Waals surface area contributed by atoms with Crippen LogP contribution in [0.1, 0.15) is 33.3 Å². The zero-order valence-electron chi connectivity index (χ0n) is 15.7. The number of nitrogens with zero attached hydrogens (tertiary/aromatic N) is 2. The van der Waals surface area contributed by atoms with Crippen LogP contribution in [-0.4, -0.2) is 11.2 Å². The molecule has 2 aromatic carbocycles. The first kappa shape index (κ1) is 19.0. The van der Waals surface area contributed by atoms with Gasteiger partial charge < -0.3 is 4.57 Å². The van der Waals surface area contributed by atoms with Gasteiger partial charge in [0.15, 0.2) is 0 Å². The molecule has 0 spiro atoms. The molecule has 1 atom stereocenters. The van der Waals surface area contributed by atoms with Gasteiger partial charge in [-0.3, -0.25) is 0 Å². The molecule has 3 nitrogen and oxygen atoms in total. The van der Waals surface area contributed by atoms with Gasteiger partial charge in [0, 0.05) is 16.8 Å². The van der Waals surface area contributed by atoms with Crippen molar-refractivity contribution in [2.75, 3.05) is 10.8 Å². The molecule has 0 radical (unpaired) electrons. The zero-order chi connectivity index (χ0) is 18.8. The van der Waals surface area contributed by atoms with Gasteiger partial charge in [-0.25, -0.2) is 5.01 Å². The first-order valence-electron chi connectivity index (χ1n) is 8.82. The van der Waals surface area contributed by atoms with E-state index < -0.39 is 6.34 Å². The van der Waals surface area contributed by atoms with Crippen LogP contribution in [0.5, 0.6) is 0 Å². The second kappa shape index (κ2) is 7.46. The van der Waals surface area contributed by atoms with E-state index in [-0.39, 0.29) is 5.41 Å². The molecular weight excluding hydrogens is 359 g/mol. The van der Waals surface area contributed by atoms with Crippen molar-refractivity contribution < 1.29 is 4.57 Å². The molecule has 0 N–H and O–H groups in total. The van der Waals surface area contributed by atoms with Gasteiger partial charge in [-0.05, 0) is 17.9 Å². The van der Waals surface area contributed by atoms with Crippen LogP contribution < -0.4 is 5.01 Å². The third-order valence-corrected chi connectivity index (χ3v) is 9.06. The van der Waals surface area contributed by atoms with Crippen molar-refractivity contribution in [1.29, 1.82) is 0 Å². The standard InChI is InChI=1S/C21H25N2OPS/c1-5-26-25(24)16-19(21(2,3)4)23(18-14-10-7-11-15-18)22-20(25)17-12-8-6-9-13-17/h6-16H,5H2,1-4H3/t25-/m1/s1. The third kappa shape index (κ3) is 3.82. The molecule has 2 aromatic rings. The van der Waals surface area contributed by atoms with E-state index in [1.807, 2.05) is 78.4 Å². The molecule has 0 amide bonds. The van der Waals surface area contributed by atoms with Crippen LogP contribution in [0.15, 0.2) is 77.3 Å². The number of anilines is 1. The van der Waals surface area contributed by atoms with Crippen molar-refractivity contribution in [2.45, 2.75) is 27.7 Å². The van der Waals surface area contributed by atoms with E-state index in [9.17, 15) is 4.57 Å². The number of benzene rings is 2. The summed E-state index contributed by atoms with van der Waals surface area (Å²) < 4.78 is 13.9. The number of hydrogen-bond acceptors (Lipinski definition) is 4. The lowest BCUT2D eigenvalue weighted by molar-refractivity contribution is 0.485. The molecule has 0 unspecified atom stereocenters. The van der Waals surface area contributed by atoms with Crippen molar-refractivity contribution in [3.8, 4) is 0 Å². The topological polar surface area (TPSA) is 32.7 Å². The van der Waals surface area contributed by atoms with Gasteiger partial charge in [-0.15, -0.1) is 0 Å². The Morgan fingerprint density at radius 3 is 2.12 bits per heavy atom. The van der Waals surface area contributed by atoms with Crippen molar-refractivity contribution >= 4 is 28.9 Å². The normalized spacial score (nSPS) is 20.5. The minimum absolute atomic E-state index is 0.175. The van der Waals surface area contributed by atoms with Crippen molar-refractivity contribution in [3.05, 3.63) is 77.7 Å². The van der Waals surface area contributed by atoms with Crippen LogP contribution in [0.3, 0.4) is 0 Å². The molecule has 0 aromatic heterocycles. The molecule has 0 saturated carbocycles. The highest BCUT2D eigenvalue weighted by atomic mass is 32.7. The van der Waals surface area contributed by atoms with Gasteiger partial charge in [-0.1, -0.05) is 87.6 Å². The van der Waals surface area contributed by atoms with Gasteiger partial charge in [0.2, 0.25) is 6.34 Å². The number of rotatable bonds is 4. The Morgan fingerprint density at radius 1 is 1.00 bits per heavy atom. The van der Waals surface area contributed by atoms with Crippen LogP contribution in [0.25, 0.3) is 0 Å². The summed E-state index contributed by atoms with van der Waals surface area (Å²) in [6, 6.07) is 19.9. The molecule has 0 fully saturated rings. The lowest BCUT2D eigenvalue weighted by Crippen LogP contribution is -2.30. The Morgan fingerprint density at radius 2 is 1.58 bits per heavy atom. The lowest BCUT2D eigenvalue weighted by atomic mass is 9.92. The van der Waals surface area contributed by atoms with E-state index in [2.05, 4.69) is 20.8 Å². The van der Waals surface area contributed by atoms with E-state index in [1.165, 1.54) is 11.4 Å². The first-order chi connectivity index (χ1) is 12.3. The predicted octanol–water partition coefficient (Wildman–Crippen LogP) is 6.79. The summed E-state index contributed by atoms with van der Waals surface area (Å²) in [7, 11) is 0. The molecule has 0 saturated heterocycles. The number of hydrogen-bond donors (Lipinski definition) is 0. The zero-order valence-corrected chi connectivity index (χ0v) is 17.4. The highest BCUT2D eigenvalue weighted by Gasteiger charge is 2.38.